The molecule has 10 heteroatoms. The molecule has 0 saturated carbocycles. The number of carbonyl (C=O) groups is 3. The number of anilines is 1. The average molecular weight is 434 g/mol. The van der Waals surface area contributed by atoms with Crippen molar-refractivity contribution in [3.63, 3.8) is 0 Å². The molecule has 3 aliphatic rings. The third kappa shape index (κ3) is 2.63. The lowest BCUT2D eigenvalue weighted by atomic mass is 9.69. The SMILES string of the molecule is C[C@]12CC[C@](C)(O1)[C@@H]1C(=O)N(c3ccc(OC(=O)C(F)(F)F)c4ncccc34)C(=O)[C@@H]12. The molecule has 2 aromatic rings. The largest absolute Gasteiger partial charge is 0.491 e. The highest BCUT2D eigenvalue weighted by Crippen LogP contribution is 2.61. The zero-order valence-corrected chi connectivity index (χ0v) is 16.5. The van der Waals surface area contributed by atoms with Crippen LogP contribution in [0.4, 0.5) is 18.9 Å². The van der Waals surface area contributed by atoms with Gasteiger partial charge in [0, 0.05) is 11.6 Å². The van der Waals surface area contributed by atoms with E-state index in [9.17, 15) is 27.6 Å². The summed E-state index contributed by atoms with van der Waals surface area (Å²) in [5, 5.41) is 0.222. The van der Waals surface area contributed by atoms with Crippen molar-refractivity contribution in [2.75, 3.05) is 4.90 Å². The van der Waals surface area contributed by atoms with Crippen molar-refractivity contribution >= 4 is 34.4 Å². The predicted octanol–water partition coefficient (Wildman–Crippen LogP) is 3.15. The van der Waals surface area contributed by atoms with Crippen LogP contribution in [0.3, 0.4) is 0 Å². The number of amides is 2. The smallest absolute Gasteiger partial charge is 0.418 e. The summed E-state index contributed by atoms with van der Waals surface area (Å²) in [5.41, 5.74) is -1.35. The Kier molecular flexibility index (Phi) is 3.87. The number of halogens is 3. The van der Waals surface area contributed by atoms with E-state index in [1.165, 1.54) is 24.4 Å². The van der Waals surface area contributed by atoms with Crippen LogP contribution >= 0.6 is 0 Å². The van der Waals surface area contributed by atoms with E-state index < -0.39 is 52.7 Å². The number of rotatable bonds is 2. The van der Waals surface area contributed by atoms with E-state index in [-0.39, 0.29) is 16.6 Å². The van der Waals surface area contributed by atoms with Gasteiger partial charge in [0.1, 0.15) is 5.52 Å². The fraction of sp³-hybridized carbons (Fsp3) is 0.429. The Bertz CT molecular complexity index is 1130. The van der Waals surface area contributed by atoms with Gasteiger partial charge < -0.3 is 9.47 Å². The second-order valence-electron chi connectivity index (χ2n) is 8.56. The maximum Gasteiger partial charge on any atom is 0.491 e. The van der Waals surface area contributed by atoms with E-state index in [1.54, 1.807) is 0 Å². The molecule has 4 atom stereocenters. The normalized spacial score (nSPS) is 32.1. The number of aromatic nitrogens is 1. The molecule has 31 heavy (non-hydrogen) atoms. The van der Waals surface area contributed by atoms with Crippen molar-refractivity contribution in [2.45, 2.75) is 44.1 Å². The van der Waals surface area contributed by atoms with E-state index in [2.05, 4.69) is 9.72 Å². The summed E-state index contributed by atoms with van der Waals surface area (Å²) < 4.78 is 48.5. The highest BCUT2D eigenvalue weighted by molar-refractivity contribution is 6.26. The topological polar surface area (TPSA) is 85.8 Å². The van der Waals surface area contributed by atoms with Gasteiger partial charge in [0.15, 0.2) is 5.75 Å². The fourth-order valence-corrected chi connectivity index (χ4v) is 5.27. The van der Waals surface area contributed by atoms with Crippen molar-refractivity contribution in [3.05, 3.63) is 30.5 Å². The Morgan fingerprint density at radius 2 is 1.74 bits per heavy atom. The van der Waals surface area contributed by atoms with Gasteiger partial charge in [-0.05, 0) is 51.0 Å². The minimum Gasteiger partial charge on any atom is -0.418 e. The number of hydrogen-bond acceptors (Lipinski definition) is 6. The zero-order valence-electron chi connectivity index (χ0n) is 16.5. The monoisotopic (exact) mass is 434 g/mol. The number of alkyl halides is 3. The van der Waals surface area contributed by atoms with Crippen LogP contribution < -0.4 is 9.64 Å². The number of fused-ring (bicyclic) bond motifs is 6. The lowest BCUT2D eigenvalue weighted by molar-refractivity contribution is -0.189. The molecule has 0 aliphatic carbocycles. The first-order valence-corrected chi connectivity index (χ1v) is 9.71. The molecule has 5 rings (SSSR count). The predicted molar refractivity (Wildman–Crippen MR) is 100 cm³/mol. The average Bonchev–Trinajstić information content (AvgIpc) is 3.25. The molecule has 3 fully saturated rings. The lowest BCUT2D eigenvalue weighted by Crippen LogP contribution is -2.40. The molecule has 1 aromatic heterocycles. The van der Waals surface area contributed by atoms with E-state index in [1.807, 2.05) is 13.8 Å². The molecule has 3 saturated heterocycles. The Morgan fingerprint density at radius 1 is 1.13 bits per heavy atom. The van der Waals surface area contributed by atoms with Crippen molar-refractivity contribution in [2.24, 2.45) is 11.8 Å². The van der Waals surface area contributed by atoms with E-state index >= 15 is 0 Å². The Hall–Kier alpha value is -3.01. The summed E-state index contributed by atoms with van der Waals surface area (Å²) >= 11 is 0. The van der Waals surface area contributed by atoms with Crippen LogP contribution in [0.25, 0.3) is 10.9 Å². The number of pyridine rings is 1. The van der Waals surface area contributed by atoms with Gasteiger partial charge in [0.2, 0.25) is 11.8 Å². The van der Waals surface area contributed by atoms with Gasteiger partial charge in [-0.25, -0.2) is 9.69 Å². The number of esters is 1. The van der Waals surface area contributed by atoms with Gasteiger partial charge >= 0.3 is 12.1 Å². The Morgan fingerprint density at radius 3 is 2.32 bits per heavy atom. The minimum absolute atomic E-state index is 0.0631. The molecule has 0 spiro atoms. The van der Waals surface area contributed by atoms with Crippen molar-refractivity contribution in [1.29, 1.82) is 0 Å². The van der Waals surface area contributed by atoms with Gasteiger partial charge in [0.25, 0.3) is 0 Å². The van der Waals surface area contributed by atoms with Crippen LogP contribution in [0, 0.1) is 11.8 Å². The molecule has 2 amide bonds. The Balaban J connectivity index is 1.59. The van der Waals surface area contributed by atoms with Gasteiger partial charge in [-0.3, -0.25) is 14.6 Å². The standard InChI is InChI=1S/C21H17F3N2O5/c1-19-7-8-20(2,31-19)14-13(19)16(27)26(17(14)28)11-5-6-12(30-18(29)21(22,23)24)15-10(11)4-3-9-25-15/h3-6,9,13-14H,7-8H2,1-2H3/t13-,14+,19-,20+. The van der Waals surface area contributed by atoms with Crippen LogP contribution in [0.1, 0.15) is 26.7 Å². The maximum absolute atomic E-state index is 13.3. The first-order valence-electron chi connectivity index (χ1n) is 9.71. The number of carbonyl (C=O) groups excluding carboxylic acids is 3. The van der Waals surface area contributed by atoms with Gasteiger partial charge in [-0.1, -0.05) is 0 Å². The van der Waals surface area contributed by atoms with E-state index in [4.69, 9.17) is 4.74 Å². The number of ether oxygens (including phenoxy) is 2. The number of benzene rings is 1. The quantitative estimate of drug-likeness (QED) is 0.410. The molecule has 1 aromatic carbocycles. The van der Waals surface area contributed by atoms with Crippen molar-refractivity contribution < 1.29 is 37.0 Å². The third-order valence-electron chi connectivity index (χ3n) is 6.59. The lowest BCUT2D eigenvalue weighted by Gasteiger charge is -2.27. The molecule has 3 aliphatic heterocycles. The van der Waals surface area contributed by atoms with Crippen LogP contribution in [0.15, 0.2) is 30.5 Å². The van der Waals surface area contributed by atoms with Gasteiger partial charge in [-0.15, -0.1) is 0 Å². The molecule has 2 bridgehead atoms. The molecule has 4 heterocycles. The fourth-order valence-electron chi connectivity index (χ4n) is 5.27. The van der Waals surface area contributed by atoms with E-state index in [0.717, 1.165) is 11.0 Å². The summed E-state index contributed by atoms with van der Waals surface area (Å²) in [4.78, 5) is 43.1. The van der Waals surface area contributed by atoms with Crippen molar-refractivity contribution in [1.82, 2.24) is 4.98 Å². The third-order valence-corrected chi connectivity index (χ3v) is 6.59. The second kappa shape index (κ2) is 6.03. The molecular weight excluding hydrogens is 417 g/mol. The Labute approximate surface area is 174 Å². The summed E-state index contributed by atoms with van der Waals surface area (Å²) in [6.07, 6.45) is -2.55. The number of hydrogen-bond donors (Lipinski definition) is 0. The number of nitrogens with zero attached hydrogens (tertiary/aromatic N) is 2. The minimum atomic E-state index is -5.18. The first-order chi connectivity index (χ1) is 14.5. The van der Waals surface area contributed by atoms with Crippen LogP contribution in [0.5, 0.6) is 5.75 Å². The highest BCUT2D eigenvalue weighted by Gasteiger charge is 2.72. The highest BCUT2D eigenvalue weighted by atomic mass is 19.4. The van der Waals surface area contributed by atoms with Crippen LogP contribution in [-0.4, -0.2) is 40.1 Å². The number of imide groups is 1. The van der Waals surface area contributed by atoms with Crippen LogP contribution in [-0.2, 0) is 19.1 Å². The second-order valence-corrected chi connectivity index (χ2v) is 8.56. The van der Waals surface area contributed by atoms with E-state index in [0.29, 0.717) is 12.8 Å². The molecule has 0 unspecified atom stereocenters. The first kappa shape index (κ1) is 19.9. The molecule has 0 radical (unpaired) electrons. The molecule has 0 N–H and O–H groups in total. The van der Waals surface area contributed by atoms with Gasteiger partial charge in [-0.2, -0.15) is 13.2 Å². The zero-order chi connectivity index (χ0) is 22.3. The summed E-state index contributed by atoms with van der Waals surface area (Å²) in [7, 11) is 0. The summed E-state index contributed by atoms with van der Waals surface area (Å²) in [5.74, 6) is -4.88. The van der Waals surface area contributed by atoms with Crippen LogP contribution in [0.2, 0.25) is 0 Å². The summed E-state index contributed by atoms with van der Waals surface area (Å²) in [6, 6.07) is 5.43. The maximum atomic E-state index is 13.3. The van der Waals surface area contributed by atoms with Crippen molar-refractivity contribution in [3.8, 4) is 5.75 Å². The molecule has 7 nitrogen and oxygen atoms in total. The molecule has 162 valence electrons. The summed E-state index contributed by atoms with van der Waals surface area (Å²) in [6.45, 7) is 3.66. The van der Waals surface area contributed by atoms with Gasteiger partial charge in [0.05, 0.1) is 28.7 Å². The molecular formula is C21H17F3N2O5.